The minimum Gasteiger partial charge on any atom is -0.506 e. The first-order valence-corrected chi connectivity index (χ1v) is 11.7. The number of aliphatic imine (C=N–C) groups is 1. The minimum absolute atomic E-state index is 0.0245. The van der Waals surface area contributed by atoms with Crippen LogP contribution in [0.2, 0.25) is 0 Å². The number of benzene rings is 2. The van der Waals surface area contributed by atoms with E-state index in [1.54, 1.807) is 18.2 Å². The summed E-state index contributed by atoms with van der Waals surface area (Å²) in [4.78, 5) is 20.1. The van der Waals surface area contributed by atoms with E-state index in [2.05, 4.69) is 16.6 Å². The Bertz CT molecular complexity index is 1360. The highest BCUT2D eigenvalue weighted by atomic mass is 19.2. The number of aromatic amines is 1. The van der Waals surface area contributed by atoms with Gasteiger partial charge in [-0.25, -0.2) is 8.78 Å². The van der Waals surface area contributed by atoms with Crippen molar-refractivity contribution < 1.29 is 28.1 Å². The third kappa shape index (κ3) is 5.99. The van der Waals surface area contributed by atoms with E-state index in [1.165, 1.54) is 27.3 Å². The molecule has 0 aliphatic carbocycles. The van der Waals surface area contributed by atoms with Crippen molar-refractivity contribution in [3.63, 3.8) is 0 Å². The van der Waals surface area contributed by atoms with E-state index in [9.17, 15) is 18.7 Å². The Morgan fingerprint density at radius 1 is 1.08 bits per heavy atom. The van der Waals surface area contributed by atoms with Crippen LogP contribution in [0.3, 0.4) is 0 Å². The van der Waals surface area contributed by atoms with Crippen LogP contribution in [-0.2, 0) is 17.6 Å². The Morgan fingerprint density at radius 3 is 2.32 bits per heavy atom. The van der Waals surface area contributed by atoms with Crippen LogP contribution in [0.5, 0.6) is 17.2 Å². The molecule has 3 aromatic rings. The van der Waals surface area contributed by atoms with Crippen LogP contribution in [0.25, 0.3) is 11.1 Å². The molecule has 0 saturated carbocycles. The number of allylic oxidation sites excluding steroid dienone is 1. The van der Waals surface area contributed by atoms with Gasteiger partial charge in [-0.2, -0.15) is 0 Å². The van der Waals surface area contributed by atoms with E-state index in [4.69, 9.17) is 14.2 Å². The molecular weight excluding hydrogens is 482 g/mol. The van der Waals surface area contributed by atoms with Crippen LogP contribution in [0.4, 0.5) is 8.78 Å². The number of aromatic hydroxyl groups is 1. The van der Waals surface area contributed by atoms with Crippen molar-refractivity contribution >= 4 is 5.90 Å². The van der Waals surface area contributed by atoms with Crippen LogP contribution >= 0.6 is 0 Å². The maximum atomic E-state index is 13.6. The number of methoxy groups -OCH3 is 2. The molecule has 0 radical (unpaired) electrons. The van der Waals surface area contributed by atoms with Crippen molar-refractivity contribution in [2.75, 3.05) is 21.3 Å². The molecule has 0 fully saturated rings. The number of hydrogen-bond donors (Lipinski definition) is 2. The number of ether oxygens (including phenoxy) is 3. The van der Waals surface area contributed by atoms with Gasteiger partial charge in [-0.05, 0) is 42.7 Å². The van der Waals surface area contributed by atoms with Gasteiger partial charge >= 0.3 is 0 Å². The fourth-order valence-corrected chi connectivity index (χ4v) is 4.00. The average Bonchev–Trinajstić information content (AvgIpc) is 2.88. The number of aryl methyl sites for hydroxylation is 1. The van der Waals surface area contributed by atoms with Gasteiger partial charge in [-0.15, -0.1) is 0 Å². The zero-order valence-electron chi connectivity index (χ0n) is 21.3. The van der Waals surface area contributed by atoms with Gasteiger partial charge < -0.3 is 24.3 Å². The van der Waals surface area contributed by atoms with Crippen molar-refractivity contribution in [3.8, 4) is 28.4 Å². The molecule has 0 spiro atoms. The highest BCUT2D eigenvalue weighted by Crippen LogP contribution is 2.44. The average molecular weight is 513 g/mol. The van der Waals surface area contributed by atoms with Crippen molar-refractivity contribution in [3.05, 3.63) is 87.5 Å². The molecule has 9 heteroatoms. The molecule has 1 heterocycles. The van der Waals surface area contributed by atoms with Crippen molar-refractivity contribution in [1.29, 1.82) is 0 Å². The lowest BCUT2D eigenvalue weighted by Gasteiger charge is -2.20. The van der Waals surface area contributed by atoms with E-state index >= 15 is 0 Å². The third-order valence-corrected chi connectivity index (χ3v) is 5.77. The number of nitrogens with zero attached hydrogens (tertiary/aromatic N) is 1. The SMILES string of the molecule is C=C(Cc1ccc(F)c(F)c1)OC(=NC)c1c(O)c(-c2c(OC)cccc2OC)c(CCCC)[nH]c1=O. The summed E-state index contributed by atoms with van der Waals surface area (Å²) in [6.45, 7) is 5.83. The second-order valence-electron chi connectivity index (χ2n) is 8.27. The molecule has 0 bridgehead atoms. The summed E-state index contributed by atoms with van der Waals surface area (Å²) in [6, 6.07) is 8.63. The van der Waals surface area contributed by atoms with Crippen LogP contribution in [0, 0.1) is 11.6 Å². The molecule has 196 valence electrons. The zero-order valence-corrected chi connectivity index (χ0v) is 21.3. The zero-order chi connectivity index (χ0) is 27.1. The third-order valence-electron chi connectivity index (χ3n) is 5.77. The largest absolute Gasteiger partial charge is 0.506 e. The standard InChI is InChI=1S/C28H30F2N2O5/c1-6-7-9-20-23(24-21(35-4)10-8-11-22(24)36-5)26(33)25(27(34)32-20)28(31-3)37-16(2)14-17-12-13-18(29)19(30)15-17/h8,10-13,15H,2,6-7,9,14H2,1,3-5H3,(H2,32,33,34). The number of nitrogens with one attached hydrogen (secondary N) is 1. The lowest BCUT2D eigenvalue weighted by molar-refractivity contribution is 0.394. The normalized spacial score (nSPS) is 11.4. The van der Waals surface area contributed by atoms with Crippen molar-refractivity contribution in [2.45, 2.75) is 32.6 Å². The Kier molecular flexibility index (Phi) is 9.05. The summed E-state index contributed by atoms with van der Waals surface area (Å²) in [5.74, 6) is -1.54. The highest BCUT2D eigenvalue weighted by molar-refractivity contribution is 6.00. The second-order valence-corrected chi connectivity index (χ2v) is 8.27. The number of hydrogen-bond acceptors (Lipinski definition) is 6. The molecule has 0 saturated heterocycles. The van der Waals surface area contributed by atoms with Crippen LogP contribution in [0.1, 0.15) is 36.6 Å². The molecular formula is C28H30F2N2O5. The van der Waals surface area contributed by atoms with Gasteiger partial charge in [0.1, 0.15) is 28.6 Å². The first-order chi connectivity index (χ1) is 17.7. The maximum absolute atomic E-state index is 13.6. The second kappa shape index (κ2) is 12.2. The van der Waals surface area contributed by atoms with Gasteiger partial charge in [0, 0.05) is 19.2 Å². The molecule has 2 aromatic carbocycles. The summed E-state index contributed by atoms with van der Waals surface area (Å²) >= 11 is 0. The Morgan fingerprint density at radius 2 is 1.76 bits per heavy atom. The monoisotopic (exact) mass is 512 g/mol. The van der Waals surface area contributed by atoms with Gasteiger partial charge in [-0.1, -0.05) is 32.1 Å². The fourth-order valence-electron chi connectivity index (χ4n) is 4.00. The summed E-state index contributed by atoms with van der Waals surface area (Å²) < 4.78 is 43.7. The number of aromatic nitrogens is 1. The van der Waals surface area contributed by atoms with Gasteiger partial charge in [-0.3, -0.25) is 9.79 Å². The van der Waals surface area contributed by atoms with Gasteiger partial charge in [0.05, 0.1) is 25.3 Å². The van der Waals surface area contributed by atoms with E-state index in [1.807, 2.05) is 6.92 Å². The first kappa shape index (κ1) is 27.4. The summed E-state index contributed by atoms with van der Waals surface area (Å²) in [5, 5.41) is 11.5. The molecule has 7 nitrogen and oxygen atoms in total. The number of rotatable bonds is 10. The highest BCUT2D eigenvalue weighted by Gasteiger charge is 2.27. The van der Waals surface area contributed by atoms with Crippen LogP contribution < -0.4 is 15.0 Å². The van der Waals surface area contributed by atoms with E-state index < -0.39 is 17.2 Å². The van der Waals surface area contributed by atoms with Gasteiger partial charge in [0.25, 0.3) is 5.56 Å². The van der Waals surface area contributed by atoms with Gasteiger partial charge in [0.2, 0.25) is 5.90 Å². The predicted molar refractivity (Wildman–Crippen MR) is 139 cm³/mol. The fraction of sp³-hybridized carbons (Fsp3) is 0.286. The van der Waals surface area contributed by atoms with Crippen LogP contribution in [-0.4, -0.2) is 37.3 Å². The first-order valence-electron chi connectivity index (χ1n) is 11.7. The Balaban J connectivity index is 2.11. The molecule has 3 rings (SSSR count). The smallest absolute Gasteiger partial charge is 0.264 e. The van der Waals surface area contributed by atoms with E-state index in [-0.39, 0.29) is 29.4 Å². The molecule has 0 amide bonds. The maximum Gasteiger partial charge on any atom is 0.264 e. The van der Waals surface area contributed by atoms with Crippen LogP contribution in [0.15, 0.2) is 58.5 Å². The van der Waals surface area contributed by atoms with E-state index in [0.717, 1.165) is 25.0 Å². The number of pyridine rings is 1. The molecule has 1 aromatic heterocycles. The lowest BCUT2D eigenvalue weighted by Crippen LogP contribution is -2.23. The Labute approximate surface area is 214 Å². The molecule has 37 heavy (non-hydrogen) atoms. The topological polar surface area (TPSA) is 93.1 Å². The Hall–Kier alpha value is -4.14. The number of unbranched alkanes of at least 4 members (excludes halogenated alkanes) is 1. The minimum atomic E-state index is -0.998. The summed E-state index contributed by atoms with van der Waals surface area (Å²) in [7, 11) is 4.39. The van der Waals surface area contributed by atoms with Crippen molar-refractivity contribution in [1.82, 2.24) is 4.98 Å². The van der Waals surface area contributed by atoms with Gasteiger partial charge in [0.15, 0.2) is 11.6 Å². The summed E-state index contributed by atoms with van der Waals surface area (Å²) in [6.07, 6.45) is 2.13. The molecule has 0 unspecified atom stereocenters. The van der Waals surface area contributed by atoms with Crippen molar-refractivity contribution in [2.24, 2.45) is 4.99 Å². The molecule has 0 aliphatic heterocycles. The van der Waals surface area contributed by atoms with E-state index in [0.29, 0.717) is 40.3 Å². The lowest BCUT2D eigenvalue weighted by atomic mass is 9.95. The predicted octanol–water partition coefficient (Wildman–Crippen LogP) is 5.53. The molecule has 2 N–H and O–H groups in total. The molecule has 0 aliphatic rings. The number of H-pyrrole nitrogens is 1. The summed E-state index contributed by atoms with van der Waals surface area (Å²) in [5.41, 5.74) is 0.886. The quantitative estimate of drug-likeness (QED) is 0.212. The molecule has 0 atom stereocenters. The number of halogens is 2.